The summed E-state index contributed by atoms with van der Waals surface area (Å²) in [7, 11) is 3.34. The lowest BCUT2D eigenvalue weighted by atomic mass is 9.85. The van der Waals surface area contributed by atoms with Gasteiger partial charge in [-0.15, -0.1) is 0 Å². The van der Waals surface area contributed by atoms with Crippen molar-refractivity contribution >= 4 is 10.9 Å². The van der Waals surface area contributed by atoms with Crippen LogP contribution in [0.2, 0.25) is 0 Å². The number of benzene rings is 1. The second kappa shape index (κ2) is 7.84. The molecular formula is C25H31N3O3. The fraction of sp³-hybridized carbons (Fsp3) is 0.480. The van der Waals surface area contributed by atoms with Crippen LogP contribution in [0.3, 0.4) is 0 Å². The van der Waals surface area contributed by atoms with Crippen LogP contribution in [0.4, 0.5) is 0 Å². The fourth-order valence-corrected chi connectivity index (χ4v) is 5.73. The summed E-state index contributed by atoms with van der Waals surface area (Å²) in [5.41, 5.74) is 2.82. The molecule has 2 saturated heterocycles. The minimum absolute atomic E-state index is 0.400. The van der Waals surface area contributed by atoms with E-state index in [1.165, 1.54) is 16.6 Å². The molecule has 3 aromatic rings. The van der Waals surface area contributed by atoms with Gasteiger partial charge in [0.25, 0.3) is 0 Å². The van der Waals surface area contributed by atoms with E-state index in [4.69, 9.17) is 9.47 Å². The quantitative estimate of drug-likeness (QED) is 0.654. The van der Waals surface area contributed by atoms with Crippen LogP contribution in [0.25, 0.3) is 10.9 Å². The van der Waals surface area contributed by atoms with Crippen LogP contribution in [-0.2, 0) is 13.1 Å². The van der Waals surface area contributed by atoms with Crippen molar-refractivity contribution in [2.75, 3.05) is 14.2 Å². The zero-order valence-electron chi connectivity index (χ0n) is 18.5. The molecule has 0 amide bonds. The molecule has 2 aliphatic rings. The number of hydrogen-bond donors (Lipinski definition) is 1. The maximum Gasteiger partial charge on any atom is 0.161 e. The van der Waals surface area contributed by atoms with Crippen molar-refractivity contribution in [1.82, 2.24) is 14.5 Å². The summed E-state index contributed by atoms with van der Waals surface area (Å²) in [6, 6.07) is 11.2. The van der Waals surface area contributed by atoms with Crippen LogP contribution >= 0.6 is 0 Å². The first-order valence-corrected chi connectivity index (χ1v) is 11.1. The molecule has 6 nitrogen and oxygen atoms in total. The summed E-state index contributed by atoms with van der Waals surface area (Å²) in [5.74, 6) is 1.52. The number of pyridine rings is 1. The molecule has 2 aromatic heterocycles. The predicted molar refractivity (Wildman–Crippen MR) is 121 cm³/mol. The van der Waals surface area contributed by atoms with Crippen LogP contribution < -0.4 is 9.47 Å². The second-order valence-corrected chi connectivity index (χ2v) is 9.19. The lowest BCUT2D eigenvalue weighted by Gasteiger charge is -2.44. The summed E-state index contributed by atoms with van der Waals surface area (Å²) in [5, 5.41) is 12.8. The van der Waals surface area contributed by atoms with Gasteiger partial charge in [-0.05, 0) is 62.4 Å². The number of aromatic nitrogens is 2. The van der Waals surface area contributed by atoms with Gasteiger partial charge in [0.2, 0.25) is 0 Å². The van der Waals surface area contributed by atoms with Gasteiger partial charge in [0.15, 0.2) is 11.5 Å². The molecule has 6 heteroatoms. The molecule has 5 rings (SSSR count). The Balaban J connectivity index is 1.34. The minimum atomic E-state index is -0.688. The van der Waals surface area contributed by atoms with Crippen molar-refractivity contribution in [3.8, 4) is 11.5 Å². The Morgan fingerprint density at radius 2 is 1.81 bits per heavy atom. The Hall–Kier alpha value is -2.57. The van der Waals surface area contributed by atoms with E-state index >= 15 is 0 Å². The van der Waals surface area contributed by atoms with Gasteiger partial charge >= 0.3 is 0 Å². The third-order valence-electron chi connectivity index (χ3n) is 7.18. The molecule has 0 spiro atoms. The molecule has 2 atom stereocenters. The first-order chi connectivity index (χ1) is 15.0. The van der Waals surface area contributed by atoms with Gasteiger partial charge in [0.05, 0.1) is 38.1 Å². The lowest BCUT2D eigenvalue weighted by molar-refractivity contribution is -0.0647. The zero-order chi connectivity index (χ0) is 21.6. The Morgan fingerprint density at radius 1 is 1.06 bits per heavy atom. The Labute approximate surface area is 183 Å². The molecule has 1 aromatic carbocycles. The summed E-state index contributed by atoms with van der Waals surface area (Å²) >= 11 is 0. The number of ether oxygens (including phenoxy) is 2. The van der Waals surface area contributed by atoms with Crippen molar-refractivity contribution in [3.05, 3.63) is 54.0 Å². The Bertz CT molecular complexity index is 1080. The largest absolute Gasteiger partial charge is 0.493 e. The van der Waals surface area contributed by atoms with E-state index in [2.05, 4.69) is 39.6 Å². The average Bonchev–Trinajstić information content (AvgIpc) is 3.20. The number of nitrogens with zero attached hydrogens (tertiary/aromatic N) is 3. The molecule has 2 aliphatic heterocycles. The van der Waals surface area contributed by atoms with E-state index in [-0.39, 0.29) is 0 Å². The molecule has 2 bridgehead atoms. The molecule has 2 fully saturated rings. The standard InChI is InChI=1S/C25H31N3O3/c1-17-10-19-8-9-26-14-22(19)28(17)16-25(29)12-20-5-6-21(13-25)27(20)15-18-4-7-23(30-2)24(11-18)31-3/h4,7-11,14,20-21,29H,5-6,12-13,15-16H2,1-3H3/t20-,21-/m0/s1. The molecule has 164 valence electrons. The van der Waals surface area contributed by atoms with Crippen LogP contribution in [-0.4, -0.2) is 51.5 Å². The Morgan fingerprint density at radius 3 is 2.52 bits per heavy atom. The highest BCUT2D eigenvalue weighted by atomic mass is 16.5. The maximum absolute atomic E-state index is 11.6. The third kappa shape index (κ3) is 3.68. The van der Waals surface area contributed by atoms with Gasteiger partial charge in [-0.25, -0.2) is 0 Å². The van der Waals surface area contributed by atoms with Crippen molar-refractivity contribution in [2.45, 2.75) is 63.4 Å². The van der Waals surface area contributed by atoms with Gasteiger partial charge in [0, 0.05) is 35.9 Å². The number of hydrogen-bond acceptors (Lipinski definition) is 5. The number of piperidine rings is 1. The highest BCUT2D eigenvalue weighted by Gasteiger charge is 2.47. The van der Waals surface area contributed by atoms with E-state index in [0.717, 1.165) is 49.2 Å². The van der Waals surface area contributed by atoms with Gasteiger partial charge in [-0.1, -0.05) is 6.07 Å². The van der Waals surface area contributed by atoms with Crippen LogP contribution in [0.5, 0.6) is 11.5 Å². The molecule has 0 saturated carbocycles. The fourth-order valence-electron chi connectivity index (χ4n) is 5.73. The van der Waals surface area contributed by atoms with Crippen molar-refractivity contribution in [3.63, 3.8) is 0 Å². The lowest BCUT2D eigenvalue weighted by Crippen LogP contribution is -2.52. The molecule has 0 radical (unpaired) electrons. The number of fused-ring (bicyclic) bond motifs is 3. The summed E-state index contributed by atoms with van der Waals surface area (Å²) in [4.78, 5) is 6.88. The van der Waals surface area contributed by atoms with E-state index in [1.807, 2.05) is 24.5 Å². The second-order valence-electron chi connectivity index (χ2n) is 9.19. The van der Waals surface area contributed by atoms with Gasteiger partial charge in [0.1, 0.15) is 0 Å². The molecule has 0 aliphatic carbocycles. The van der Waals surface area contributed by atoms with Crippen LogP contribution in [0, 0.1) is 6.92 Å². The molecule has 0 unspecified atom stereocenters. The third-order valence-corrected chi connectivity index (χ3v) is 7.18. The summed E-state index contributed by atoms with van der Waals surface area (Å²) in [6.07, 6.45) is 7.63. The Kier molecular flexibility index (Phi) is 5.15. The molecule has 1 N–H and O–H groups in total. The number of aliphatic hydroxyl groups is 1. The van der Waals surface area contributed by atoms with Crippen molar-refractivity contribution in [2.24, 2.45) is 0 Å². The SMILES string of the molecule is COc1ccc(CN2[C@H]3CC[C@H]2CC(O)(Cn2c(C)cc4ccncc42)C3)cc1OC. The molecular weight excluding hydrogens is 390 g/mol. The normalized spacial score (nSPS) is 25.8. The number of methoxy groups -OCH3 is 2. The first-order valence-electron chi connectivity index (χ1n) is 11.1. The van der Waals surface area contributed by atoms with Crippen LogP contribution in [0.15, 0.2) is 42.7 Å². The van der Waals surface area contributed by atoms with Gasteiger partial charge in [-0.2, -0.15) is 0 Å². The van der Waals surface area contributed by atoms with Gasteiger partial charge in [-0.3, -0.25) is 9.88 Å². The van der Waals surface area contributed by atoms with E-state index in [1.54, 1.807) is 14.2 Å². The average molecular weight is 422 g/mol. The monoisotopic (exact) mass is 421 g/mol. The minimum Gasteiger partial charge on any atom is -0.493 e. The topological polar surface area (TPSA) is 59.8 Å². The van der Waals surface area contributed by atoms with Crippen molar-refractivity contribution in [1.29, 1.82) is 0 Å². The van der Waals surface area contributed by atoms with E-state index in [9.17, 15) is 5.11 Å². The number of aryl methyl sites for hydroxylation is 1. The zero-order valence-corrected chi connectivity index (χ0v) is 18.5. The van der Waals surface area contributed by atoms with Crippen LogP contribution in [0.1, 0.15) is 36.9 Å². The molecule has 31 heavy (non-hydrogen) atoms. The smallest absolute Gasteiger partial charge is 0.161 e. The highest BCUT2D eigenvalue weighted by Crippen LogP contribution is 2.43. The van der Waals surface area contributed by atoms with E-state index in [0.29, 0.717) is 18.6 Å². The molecule has 4 heterocycles. The highest BCUT2D eigenvalue weighted by molar-refractivity contribution is 5.80. The summed E-state index contributed by atoms with van der Waals surface area (Å²) < 4.78 is 13.1. The van der Waals surface area contributed by atoms with E-state index < -0.39 is 5.60 Å². The maximum atomic E-state index is 11.6. The van der Waals surface area contributed by atoms with Crippen molar-refractivity contribution < 1.29 is 14.6 Å². The summed E-state index contributed by atoms with van der Waals surface area (Å²) in [6.45, 7) is 3.62. The van der Waals surface area contributed by atoms with Gasteiger partial charge < -0.3 is 19.1 Å². The predicted octanol–water partition coefficient (Wildman–Crippen LogP) is 3.92. The number of rotatable bonds is 6. The first kappa shape index (κ1) is 20.3.